The van der Waals surface area contributed by atoms with Gasteiger partial charge in [-0.1, -0.05) is 48.5 Å². The van der Waals surface area contributed by atoms with Gasteiger partial charge in [-0.05, 0) is 36.5 Å². The molecule has 0 spiro atoms. The van der Waals surface area contributed by atoms with Gasteiger partial charge in [-0.15, -0.1) is 0 Å². The van der Waals surface area contributed by atoms with Crippen LogP contribution in [0.15, 0.2) is 90.0 Å². The number of hydrazone groups is 1. The number of nitrogens with zero attached hydrogens (tertiary/aromatic N) is 3. The maximum Gasteiger partial charge on any atom is 0.289 e. The number of thiocarbonyl (C=S) groups is 1. The van der Waals surface area contributed by atoms with Gasteiger partial charge in [0.15, 0.2) is 0 Å². The molecular weight excluding hydrogens is 390 g/mol. The summed E-state index contributed by atoms with van der Waals surface area (Å²) in [6, 6.07) is 24.6. The van der Waals surface area contributed by atoms with Gasteiger partial charge in [0, 0.05) is 17.7 Å². The van der Waals surface area contributed by atoms with Crippen LogP contribution in [-0.4, -0.2) is 22.1 Å². The van der Waals surface area contributed by atoms with Crippen molar-refractivity contribution in [3.8, 4) is 5.75 Å². The van der Waals surface area contributed by atoms with E-state index in [0.29, 0.717) is 11.5 Å². The van der Waals surface area contributed by atoms with E-state index in [-0.39, 0.29) is 10.9 Å². The average molecular weight is 405 g/mol. The highest BCUT2D eigenvalue weighted by Gasteiger charge is 2.32. The van der Waals surface area contributed by atoms with Crippen molar-refractivity contribution < 1.29 is 14.4 Å². The van der Waals surface area contributed by atoms with Crippen LogP contribution in [-0.2, 0) is 4.74 Å². The molecule has 0 amide bonds. The van der Waals surface area contributed by atoms with Crippen LogP contribution < -0.4 is 9.75 Å². The molecule has 1 aliphatic rings. The van der Waals surface area contributed by atoms with Crippen LogP contribution in [0.2, 0.25) is 0 Å². The fourth-order valence-corrected chi connectivity index (χ4v) is 3.01. The number of ether oxygens (including phenoxy) is 2. The number of anilines is 1. The monoisotopic (exact) mass is 405 g/mol. The predicted octanol–water partition coefficient (Wildman–Crippen LogP) is 4.53. The minimum absolute atomic E-state index is 0.0235. The molecule has 144 valence electrons. The van der Waals surface area contributed by atoms with Gasteiger partial charge >= 0.3 is 0 Å². The molecule has 0 aliphatic carbocycles. The molecule has 0 fully saturated rings. The molecule has 1 atom stereocenters. The predicted molar refractivity (Wildman–Crippen MR) is 113 cm³/mol. The standard InChI is InChI=1S/C21H15N3O4S/c25-24(26)17-11-13-18(14-12-17)27-20-19(15-7-3-1-4-8-15)22-23(21(29)28-20)16-9-5-2-6-10-16/h1-14,20H. The zero-order chi connectivity index (χ0) is 20.2. The quantitative estimate of drug-likeness (QED) is 0.353. The lowest BCUT2D eigenvalue weighted by atomic mass is 10.1. The Hall–Kier alpha value is -3.78. The van der Waals surface area contributed by atoms with Crippen LogP contribution in [0.3, 0.4) is 0 Å². The molecule has 0 N–H and O–H groups in total. The normalized spacial score (nSPS) is 16.0. The van der Waals surface area contributed by atoms with E-state index in [9.17, 15) is 10.1 Å². The minimum Gasteiger partial charge on any atom is -0.449 e. The van der Waals surface area contributed by atoms with Crippen molar-refractivity contribution in [2.75, 3.05) is 5.01 Å². The molecule has 0 aromatic heterocycles. The summed E-state index contributed by atoms with van der Waals surface area (Å²) in [5, 5.41) is 17.2. The van der Waals surface area contributed by atoms with Gasteiger partial charge in [-0.3, -0.25) is 10.1 Å². The first-order valence-corrected chi connectivity index (χ1v) is 9.13. The van der Waals surface area contributed by atoms with E-state index in [1.807, 2.05) is 60.7 Å². The summed E-state index contributed by atoms with van der Waals surface area (Å²) in [6.45, 7) is 0. The summed E-state index contributed by atoms with van der Waals surface area (Å²) in [5.74, 6) is 0.403. The van der Waals surface area contributed by atoms with Crippen LogP contribution in [0.4, 0.5) is 11.4 Å². The van der Waals surface area contributed by atoms with Crippen molar-refractivity contribution in [3.63, 3.8) is 0 Å². The van der Waals surface area contributed by atoms with Gasteiger partial charge in [0.05, 0.1) is 10.6 Å². The first kappa shape index (κ1) is 18.6. The van der Waals surface area contributed by atoms with E-state index in [1.54, 1.807) is 0 Å². The van der Waals surface area contributed by atoms with E-state index >= 15 is 0 Å². The highest BCUT2D eigenvalue weighted by molar-refractivity contribution is 7.80. The molecular formula is C21H15N3O4S. The third-order valence-corrected chi connectivity index (χ3v) is 4.44. The molecule has 0 saturated heterocycles. The van der Waals surface area contributed by atoms with E-state index in [4.69, 9.17) is 21.7 Å². The maximum atomic E-state index is 10.9. The zero-order valence-electron chi connectivity index (χ0n) is 15.0. The van der Waals surface area contributed by atoms with Crippen molar-refractivity contribution in [3.05, 3.63) is 101 Å². The first-order valence-electron chi connectivity index (χ1n) is 8.72. The molecule has 1 unspecified atom stereocenters. The first-order chi connectivity index (χ1) is 14.1. The lowest BCUT2D eigenvalue weighted by Gasteiger charge is -2.31. The Morgan fingerprint density at radius 3 is 2.21 bits per heavy atom. The Bertz CT molecular complexity index is 1060. The van der Waals surface area contributed by atoms with Crippen LogP contribution in [0, 0.1) is 10.1 Å². The molecule has 8 heteroatoms. The van der Waals surface area contributed by atoms with E-state index in [2.05, 4.69) is 5.10 Å². The molecule has 4 rings (SSSR count). The molecule has 1 heterocycles. The third-order valence-electron chi connectivity index (χ3n) is 4.17. The molecule has 7 nitrogen and oxygen atoms in total. The summed E-state index contributed by atoms with van der Waals surface area (Å²) >= 11 is 5.39. The van der Waals surface area contributed by atoms with Crippen molar-refractivity contribution in [2.45, 2.75) is 6.29 Å². The van der Waals surface area contributed by atoms with Gasteiger partial charge in [-0.2, -0.15) is 10.1 Å². The molecule has 3 aromatic rings. The van der Waals surface area contributed by atoms with Gasteiger partial charge in [0.1, 0.15) is 11.5 Å². The van der Waals surface area contributed by atoms with E-state index in [1.165, 1.54) is 29.3 Å². The Morgan fingerprint density at radius 1 is 0.966 bits per heavy atom. The Balaban J connectivity index is 1.69. The number of rotatable bonds is 5. The number of nitro groups is 1. The highest BCUT2D eigenvalue weighted by atomic mass is 32.1. The number of hydrogen-bond donors (Lipinski definition) is 0. The van der Waals surface area contributed by atoms with Crippen LogP contribution in [0.1, 0.15) is 5.56 Å². The number of benzene rings is 3. The second-order valence-corrected chi connectivity index (χ2v) is 6.43. The number of nitro benzene ring substituents is 1. The summed E-state index contributed by atoms with van der Waals surface area (Å²) in [5.41, 5.74) is 2.08. The van der Waals surface area contributed by atoms with Crippen molar-refractivity contribution in [2.24, 2.45) is 5.10 Å². The van der Waals surface area contributed by atoms with E-state index < -0.39 is 11.2 Å². The summed E-state index contributed by atoms with van der Waals surface area (Å²) in [7, 11) is 0. The Kier molecular flexibility index (Phi) is 5.17. The van der Waals surface area contributed by atoms with Gasteiger partial charge in [0.2, 0.25) is 0 Å². The molecule has 29 heavy (non-hydrogen) atoms. The van der Waals surface area contributed by atoms with Crippen LogP contribution in [0.5, 0.6) is 5.75 Å². The highest BCUT2D eigenvalue weighted by Crippen LogP contribution is 2.25. The smallest absolute Gasteiger partial charge is 0.289 e. The van der Waals surface area contributed by atoms with Crippen molar-refractivity contribution in [1.29, 1.82) is 0 Å². The lowest BCUT2D eigenvalue weighted by Crippen LogP contribution is -2.44. The summed E-state index contributed by atoms with van der Waals surface area (Å²) in [6.07, 6.45) is -0.897. The average Bonchev–Trinajstić information content (AvgIpc) is 2.75. The molecule has 0 bridgehead atoms. The Labute approximate surface area is 171 Å². The topological polar surface area (TPSA) is 77.2 Å². The lowest BCUT2D eigenvalue weighted by molar-refractivity contribution is -0.384. The van der Waals surface area contributed by atoms with Gasteiger partial charge in [0.25, 0.3) is 17.2 Å². The molecule has 0 radical (unpaired) electrons. The minimum atomic E-state index is -0.897. The number of hydrogen-bond acceptors (Lipinski definition) is 6. The van der Waals surface area contributed by atoms with Crippen LogP contribution >= 0.6 is 12.2 Å². The SMILES string of the molecule is O=[N+]([O-])c1ccc(OC2OC(=S)N(c3ccccc3)N=C2c2ccccc2)cc1. The maximum absolute atomic E-state index is 10.9. The van der Waals surface area contributed by atoms with Crippen LogP contribution in [0.25, 0.3) is 0 Å². The summed E-state index contributed by atoms with van der Waals surface area (Å²) in [4.78, 5) is 10.4. The largest absolute Gasteiger partial charge is 0.449 e. The zero-order valence-corrected chi connectivity index (χ0v) is 15.9. The Morgan fingerprint density at radius 2 is 1.59 bits per heavy atom. The van der Waals surface area contributed by atoms with E-state index in [0.717, 1.165) is 11.3 Å². The van der Waals surface area contributed by atoms with Gasteiger partial charge < -0.3 is 9.47 Å². The molecule has 0 saturated carbocycles. The molecule has 1 aliphatic heterocycles. The second kappa shape index (κ2) is 8.07. The number of para-hydroxylation sites is 1. The van der Waals surface area contributed by atoms with Crippen molar-refractivity contribution >= 4 is 34.5 Å². The number of non-ortho nitro benzene ring substituents is 1. The third kappa shape index (κ3) is 4.07. The fourth-order valence-electron chi connectivity index (χ4n) is 2.78. The fraction of sp³-hybridized carbons (Fsp3) is 0.0476. The molecule has 3 aromatic carbocycles. The van der Waals surface area contributed by atoms with Crippen molar-refractivity contribution in [1.82, 2.24) is 0 Å². The second-order valence-electron chi connectivity index (χ2n) is 6.08. The summed E-state index contributed by atoms with van der Waals surface area (Å²) < 4.78 is 11.8. The van der Waals surface area contributed by atoms with Gasteiger partial charge in [-0.25, -0.2) is 0 Å².